The van der Waals surface area contributed by atoms with Crippen molar-refractivity contribution >= 4 is 99.2 Å². The molecular formula is C112H124F5N21O7. The Bertz CT molecular complexity index is 6740. The quantitative estimate of drug-likeness (QED) is 0.0186. The highest BCUT2D eigenvalue weighted by molar-refractivity contribution is 6.02. The molecule has 9 amide bonds. The molecule has 0 bridgehead atoms. The summed E-state index contributed by atoms with van der Waals surface area (Å²) in [5.41, 5.74) is 14.3. The molecule has 1 fully saturated rings. The van der Waals surface area contributed by atoms with Crippen molar-refractivity contribution < 1.29 is 55.2 Å². The summed E-state index contributed by atoms with van der Waals surface area (Å²) in [5, 5.41) is 46.3. The molecule has 14 aromatic rings. The predicted molar refractivity (Wildman–Crippen MR) is 566 cm³/mol. The molecule has 0 saturated heterocycles. The second-order valence-electron chi connectivity index (χ2n) is 39.4. The smallest absolute Gasteiger partial charge is 0.325 e. The van der Waals surface area contributed by atoms with E-state index < -0.39 is 47.4 Å². The van der Waals surface area contributed by atoms with Gasteiger partial charge in [-0.15, -0.1) is 0 Å². The van der Waals surface area contributed by atoms with Gasteiger partial charge in [0, 0.05) is 95.0 Å². The Morgan fingerprint density at radius 1 is 0.379 bits per heavy atom. The number of hydrogen-bond donors (Lipinski definition) is 12. The fourth-order valence-corrected chi connectivity index (χ4v) is 14.4. The van der Waals surface area contributed by atoms with Gasteiger partial charge < -0.3 is 57.1 Å². The Kier molecular flexibility index (Phi) is 35.7. The average molecular weight is 1970 g/mol. The van der Waals surface area contributed by atoms with E-state index in [4.69, 9.17) is 14.4 Å². The molecule has 7 aromatic heterocycles. The number of nitrogens with zero attached hydrogens (tertiary/aromatic N) is 9. The summed E-state index contributed by atoms with van der Waals surface area (Å²) in [5.74, 6) is 2.45. The van der Waals surface area contributed by atoms with Crippen molar-refractivity contribution in [3.05, 3.63) is 370 Å². The molecule has 0 spiro atoms. The van der Waals surface area contributed by atoms with Crippen molar-refractivity contribution in [2.24, 2.45) is 5.92 Å². The molecule has 1 aliphatic rings. The zero-order valence-electron chi connectivity index (χ0n) is 84.4. The Hall–Kier alpha value is -16.6. The number of hydrogen-bond acceptors (Lipinski definition) is 17. The van der Waals surface area contributed by atoms with Crippen LogP contribution in [0.2, 0.25) is 0 Å². The maximum absolute atomic E-state index is 14.9. The van der Waals surface area contributed by atoms with Gasteiger partial charge in [-0.25, -0.2) is 70.4 Å². The van der Waals surface area contributed by atoms with Crippen LogP contribution in [0.1, 0.15) is 184 Å². The topological polar surface area (TPSA) is 352 Å². The van der Waals surface area contributed by atoms with E-state index in [1.54, 1.807) is 96.2 Å². The van der Waals surface area contributed by atoms with Crippen molar-refractivity contribution in [2.75, 3.05) is 63.8 Å². The molecule has 0 aliphatic heterocycles. The minimum Gasteiger partial charge on any atom is -0.489 e. The van der Waals surface area contributed by atoms with Gasteiger partial charge in [0.15, 0.2) is 5.82 Å². The van der Waals surface area contributed by atoms with Crippen LogP contribution < -0.4 is 68.5 Å². The zero-order valence-corrected chi connectivity index (χ0v) is 84.4. The lowest BCUT2D eigenvalue weighted by Gasteiger charge is -2.20. The zero-order chi connectivity index (χ0) is 105. The normalized spacial score (nSPS) is 11.7. The van der Waals surface area contributed by atoms with E-state index in [1.165, 1.54) is 66.9 Å². The van der Waals surface area contributed by atoms with Gasteiger partial charge >= 0.3 is 24.1 Å². The summed E-state index contributed by atoms with van der Waals surface area (Å²) >= 11 is 0. The fraction of sp³-hybridized carbons (Fsp3) is 0.268. The summed E-state index contributed by atoms with van der Waals surface area (Å²) in [4.78, 5) is 78.5. The summed E-state index contributed by atoms with van der Waals surface area (Å²) in [6, 6.07) is 57.8. The van der Waals surface area contributed by atoms with Crippen LogP contribution in [-0.2, 0) is 71.6 Å². The SMILES string of the molecule is C=C(C)Nc1cc(CCc2ccc(NC(=O)Nc3cc(C(C)(C)C)nn3-c3ccc(F)cc3)c(F)c2)ccn1.C=C(C)Nc1cc(CCc2ccc(NC(=O)Nc3cccc(C(C)(C)C)c3)c(F)c2)ccn1.C=C(Nc1cc(CCc2ccc(NC(=O)Nc3cc(C(C)(C)C)on3)c(F)c2)ccn1)C1CC1.CC(=O)Nc1cc(COc2ccc(NC(=O)Nc3cc(C(C)(C)C)nn3-c3ccc(C)cc3)c(F)c2)ccn1. The maximum atomic E-state index is 14.9. The number of ether oxygens (including phenoxy) is 1. The van der Waals surface area contributed by atoms with Crippen LogP contribution in [0.5, 0.6) is 5.75 Å². The van der Waals surface area contributed by atoms with Crippen molar-refractivity contribution in [3.8, 4) is 17.1 Å². The molecule has 15 rings (SSSR count). The third kappa shape index (κ3) is 33.3. The van der Waals surface area contributed by atoms with Crippen LogP contribution in [0.15, 0.2) is 278 Å². The summed E-state index contributed by atoms with van der Waals surface area (Å²) in [7, 11) is 0. The van der Waals surface area contributed by atoms with Crippen LogP contribution in [0.3, 0.4) is 0 Å². The molecule has 1 aliphatic carbocycles. The molecule has 754 valence electrons. The van der Waals surface area contributed by atoms with E-state index in [1.807, 2.05) is 186 Å². The van der Waals surface area contributed by atoms with Gasteiger partial charge in [0.2, 0.25) is 5.91 Å². The maximum Gasteiger partial charge on any atom is 0.325 e. The van der Waals surface area contributed by atoms with E-state index in [0.29, 0.717) is 72.0 Å². The molecule has 7 aromatic carbocycles. The Labute approximate surface area is 841 Å². The Morgan fingerprint density at radius 3 is 1.16 bits per heavy atom. The van der Waals surface area contributed by atoms with Crippen molar-refractivity contribution in [2.45, 2.75) is 190 Å². The summed E-state index contributed by atoms with van der Waals surface area (Å²) < 4.78 is 86.5. The highest BCUT2D eigenvalue weighted by Crippen LogP contribution is 2.37. The van der Waals surface area contributed by atoms with E-state index in [2.05, 4.69) is 135 Å². The fourth-order valence-electron chi connectivity index (χ4n) is 14.4. The lowest BCUT2D eigenvalue weighted by atomic mass is 9.87. The van der Waals surface area contributed by atoms with Gasteiger partial charge in [-0.2, -0.15) is 10.2 Å². The van der Waals surface area contributed by atoms with E-state index in [-0.39, 0.29) is 74.3 Å². The number of allylic oxidation sites excluding steroid dienone is 3. The van der Waals surface area contributed by atoms with Crippen molar-refractivity contribution in [3.63, 3.8) is 0 Å². The highest BCUT2D eigenvalue weighted by atomic mass is 19.1. The van der Waals surface area contributed by atoms with Crippen LogP contribution in [0.25, 0.3) is 11.4 Å². The number of halogens is 5. The molecule has 0 atom stereocenters. The molecule has 28 nitrogen and oxygen atoms in total. The first-order chi connectivity index (χ1) is 68.7. The minimum absolute atomic E-state index is 0.00542. The number of rotatable bonds is 30. The van der Waals surface area contributed by atoms with Crippen molar-refractivity contribution in [1.82, 2.24) is 44.7 Å². The van der Waals surface area contributed by atoms with Gasteiger partial charge in [-0.3, -0.25) is 20.7 Å². The summed E-state index contributed by atoms with van der Waals surface area (Å²) in [6.45, 7) is 43.3. The number of benzene rings is 7. The van der Waals surface area contributed by atoms with Crippen LogP contribution in [0.4, 0.5) is 110 Å². The first-order valence-corrected chi connectivity index (χ1v) is 47.3. The van der Waals surface area contributed by atoms with Crippen LogP contribution in [0, 0.1) is 41.9 Å². The third-order valence-electron chi connectivity index (χ3n) is 22.5. The van der Waals surface area contributed by atoms with Gasteiger partial charge in [0.25, 0.3) is 0 Å². The Balaban J connectivity index is 0.000000173. The van der Waals surface area contributed by atoms with Crippen LogP contribution in [-0.4, -0.2) is 74.7 Å². The standard InChI is InChI=1S/C30H32F2N6O.C29H31FN6O3.C27H31FN4O.C26H30FN5O2/c1-19(2)34-27-17-21(14-15-33-27)7-6-20-8-13-25(24(32)16-20)35-29(39)36-28-18-26(30(3,4)5)37-38(28)23-11-9-22(31)10-12-23;1-18-6-8-21(9-7-18)36-27(16-25(35-36)29(3,4)5)34-28(38)33-24-11-10-22(15-23(24)30)39-17-20-12-13-31-26(14-20)32-19(2)37;1-18(2)30-25-16-20(13-14-29-25)10-9-19-11-12-24(23(28)15-19)32-26(33)31-22-8-6-7-21(17-22)27(3,4)5;1-16(19-8-9-19)29-23-14-18(11-12-28-23)6-5-17-7-10-21(20(27)13-17)30-25(33)31-24-15-22(34-32-24)26(2,3)4/h8-18H,1,6-7H2,2-5H3,(H,33,34)(H2,35,36,39);6-16H,17H2,1-5H3,(H,31,32,37)(H2,33,34,38);6-8,11-17H,1,9-10H2,2-5H3,(H,29,30)(H2,31,32,33);7,10-15,19H,1,5-6,8-9H2,2-4H3,(H,28,29)(H2,30,31,32,33). The number of nitrogens with one attached hydrogen (secondary N) is 12. The number of aryl methyl sites for hydroxylation is 7. The molecule has 12 N–H and O–H groups in total. The number of pyridine rings is 4. The minimum atomic E-state index is -0.654. The van der Waals surface area contributed by atoms with Gasteiger partial charge in [-0.1, -0.05) is 156 Å². The number of carbonyl (C=O) groups excluding carboxylic acids is 5. The second-order valence-corrected chi connectivity index (χ2v) is 39.4. The lowest BCUT2D eigenvalue weighted by molar-refractivity contribution is -0.114. The second kappa shape index (κ2) is 48.2. The van der Waals surface area contributed by atoms with E-state index in [0.717, 1.165) is 109 Å². The molecule has 145 heavy (non-hydrogen) atoms. The molecule has 1 saturated carbocycles. The molecule has 7 heterocycles. The number of amides is 9. The first kappa shape index (κ1) is 107. The largest absolute Gasteiger partial charge is 0.489 e. The van der Waals surface area contributed by atoms with Gasteiger partial charge in [0.1, 0.15) is 82.1 Å². The van der Waals surface area contributed by atoms with Gasteiger partial charge in [0.05, 0.1) is 45.5 Å². The highest BCUT2D eigenvalue weighted by Gasteiger charge is 2.28. The number of urea groups is 4. The lowest BCUT2D eigenvalue weighted by Crippen LogP contribution is -2.22. The number of aromatic nitrogens is 9. The number of anilines is 12. The monoisotopic (exact) mass is 1970 g/mol. The molecular weight excluding hydrogens is 1850 g/mol. The van der Waals surface area contributed by atoms with E-state index in [9.17, 15) is 45.9 Å². The van der Waals surface area contributed by atoms with E-state index >= 15 is 0 Å². The predicted octanol–water partition coefficient (Wildman–Crippen LogP) is 26.6. The third-order valence-corrected chi connectivity index (χ3v) is 22.5. The molecule has 0 unspecified atom stereocenters. The number of carbonyl (C=O) groups is 5. The average Bonchev–Trinajstić information content (AvgIpc) is 1.65. The van der Waals surface area contributed by atoms with Gasteiger partial charge in [-0.05, 0) is 274 Å². The molecule has 33 heteroatoms. The first-order valence-electron chi connectivity index (χ1n) is 47.3. The molecule has 0 radical (unpaired) electrons. The van der Waals surface area contributed by atoms with Crippen molar-refractivity contribution in [1.29, 1.82) is 0 Å². The van der Waals surface area contributed by atoms with Crippen LogP contribution >= 0.6 is 0 Å². The Morgan fingerprint density at radius 2 is 0.766 bits per heavy atom. The summed E-state index contributed by atoms with van der Waals surface area (Å²) in [6.07, 6.45) is 13.3.